The van der Waals surface area contributed by atoms with Crippen molar-refractivity contribution in [2.75, 3.05) is 11.5 Å². The number of carbonyl (C=O) groups excluding carboxylic acids is 1. The summed E-state index contributed by atoms with van der Waals surface area (Å²) in [6.07, 6.45) is 2.65. The summed E-state index contributed by atoms with van der Waals surface area (Å²) >= 11 is 0. The smallest absolute Gasteiger partial charge is 0.326 e. The van der Waals surface area contributed by atoms with E-state index in [4.69, 9.17) is 5.11 Å². The number of rotatable bonds is 7. The van der Waals surface area contributed by atoms with Crippen molar-refractivity contribution in [3.8, 4) is 0 Å². The lowest BCUT2D eigenvalue weighted by molar-refractivity contribution is -0.139. The standard InChI is InChI=1S/C12H16N2O5S/c1-2-20(18,19)8-5-10(12(16)17)14-11(15)9-3-6-13-7-4-9/h3-4,6-7,10H,2,5,8H2,1H3,(H,14,15)(H,16,17). The zero-order chi connectivity index (χ0) is 15.2. The Kier molecular flexibility index (Phi) is 5.63. The molecule has 0 bridgehead atoms. The summed E-state index contributed by atoms with van der Waals surface area (Å²) in [6, 6.07) is 1.64. The van der Waals surface area contributed by atoms with Gasteiger partial charge in [-0.05, 0) is 18.6 Å². The Morgan fingerprint density at radius 3 is 2.45 bits per heavy atom. The number of amides is 1. The second-order valence-corrected chi connectivity index (χ2v) is 6.60. The Morgan fingerprint density at radius 2 is 1.95 bits per heavy atom. The molecule has 0 saturated carbocycles. The molecule has 0 spiro atoms. The topological polar surface area (TPSA) is 113 Å². The highest BCUT2D eigenvalue weighted by molar-refractivity contribution is 7.91. The maximum absolute atomic E-state index is 11.8. The average molecular weight is 300 g/mol. The zero-order valence-electron chi connectivity index (χ0n) is 10.9. The van der Waals surface area contributed by atoms with Crippen LogP contribution in [0.4, 0.5) is 0 Å². The van der Waals surface area contributed by atoms with Gasteiger partial charge < -0.3 is 10.4 Å². The van der Waals surface area contributed by atoms with Gasteiger partial charge >= 0.3 is 5.97 Å². The third-order valence-corrected chi connectivity index (χ3v) is 4.44. The van der Waals surface area contributed by atoms with Gasteiger partial charge in [-0.1, -0.05) is 6.92 Å². The van der Waals surface area contributed by atoms with Gasteiger partial charge in [0.05, 0.1) is 5.75 Å². The minimum atomic E-state index is -3.27. The Labute approximate surface area is 116 Å². The summed E-state index contributed by atoms with van der Waals surface area (Å²) in [6.45, 7) is 1.49. The van der Waals surface area contributed by atoms with Crippen LogP contribution in [0, 0.1) is 0 Å². The third-order valence-electron chi connectivity index (χ3n) is 2.70. The van der Waals surface area contributed by atoms with Gasteiger partial charge in [0, 0.05) is 23.7 Å². The van der Waals surface area contributed by atoms with Gasteiger partial charge in [-0.3, -0.25) is 9.78 Å². The number of carboxylic acids is 1. The van der Waals surface area contributed by atoms with Gasteiger partial charge in [-0.25, -0.2) is 13.2 Å². The highest BCUT2D eigenvalue weighted by Gasteiger charge is 2.22. The van der Waals surface area contributed by atoms with Gasteiger partial charge in [-0.15, -0.1) is 0 Å². The molecule has 0 saturated heterocycles. The number of hydrogen-bond acceptors (Lipinski definition) is 5. The predicted molar refractivity (Wildman–Crippen MR) is 72.1 cm³/mol. The van der Waals surface area contributed by atoms with Crippen molar-refractivity contribution in [1.29, 1.82) is 0 Å². The van der Waals surface area contributed by atoms with Crippen molar-refractivity contribution in [2.45, 2.75) is 19.4 Å². The fraction of sp³-hybridized carbons (Fsp3) is 0.417. The van der Waals surface area contributed by atoms with Crippen LogP contribution in [0.5, 0.6) is 0 Å². The first kappa shape index (κ1) is 16.1. The van der Waals surface area contributed by atoms with Crippen LogP contribution in [0.2, 0.25) is 0 Å². The van der Waals surface area contributed by atoms with Crippen LogP contribution < -0.4 is 5.32 Å². The van der Waals surface area contributed by atoms with Crippen LogP contribution >= 0.6 is 0 Å². The fourth-order valence-electron chi connectivity index (χ4n) is 1.44. The van der Waals surface area contributed by atoms with Gasteiger partial charge in [-0.2, -0.15) is 0 Å². The lowest BCUT2D eigenvalue weighted by atomic mass is 10.2. The molecule has 2 N–H and O–H groups in total. The number of sulfone groups is 1. The minimum absolute atomic E-state index is 0.0579. The highest BCUT2D eigenvalue weighted by atomic mass is 32.2. The second kappa shape index (κ2) is 6.99. The molecule has 0 aliphatic carbocycles. The second-order valence-electron chi connectivity index (χ2n) is 4.13. The predicted octanol–water partition coefficient (Wildman–Crippen LogP) is 0.0894. The van der Waals surface area contributed by atoms with E-state index in [2.05, 4.69) is 10.3 Å². The number of carbonyl (C=O) groups is 2. The number of nitrogens with one attached hydrogen (secondary N) is 1. The lowest BCUT2D eigenvalue weighted by Crippen LogP contribution is -2.42. The van der Waals surface area contributed by atoms with E-state index in [1.54, 1.807) is 0 Å². The van der Waals surface area contributed by atoms with Crippen LogP contribution in [-0.4, -0.2) is 47.9 Å². The van der Waals surface area contributed by atoms with Crippen LogP contribution in [0.3, 0.4) is 0 Å². The van der Waals surface area contributed by atoms with Crippen LogP contribution in [0.1, 0.15) is 23.7 Å². The van der Waals surface area contributed by atoms with E-state index in [-0.39, 0.29) is 23.5 Å². The van der Waals surface area contributed by atoms with E-state index >= 15 is 0 Å². The molecule has 1 aromatic rings. The summed E-state index contributed by atoms with van der Waals surface area (Å²) < 4.78 is 22.7. The summed E-state index contributed by atoms with van der Waals surface area (Å²) in [5, 5.41) is 11.3. The highest BCUT2D eigenvalue weighted by Crippen LogP contribution is 2.02. The normalized spacial score (nSPS) is 12.7. The molecule has 1 amide bonds. The molecule has 0 radical (unpaired) electrons. The molecule has 1 aromatic heterocycles. The average Bonchev–Trinajstić information content (AvgIpc) is 2.43. The van der Waals surface area contributed by atoms with E-state index in [1.807, 2.05) is 0 Å². The van der Waals surface area contributed by atoms with E-state index in [9.17, 15) is 18.0 Å². The van der Waals surface area contributed by atoms with Crippen molar-refractivity contribution >= 4 is 21.7 Å². The van der Waals surface area contributed by atoms with Crippen molar-refractivity contribution in [2.24, 2.45) is 0 Å². The lowest BCUT2D eigenvalue weighted by Gasteiger charge is -2.14. The molecule has 7 nitrogen and oxygen atoms in total. The summed E-state index contributed by atoms with van der Waals surface area (Å²) in [5.74, 6) is -2.18. The van der Waals surface area contributed by atoms with Crippen molar-refractivity contribution in [3.63, 3.8) is 0 Å². The molecular formula is C12H16N2O5S. The maximum atomic E-state index is 11.8. The molecule has 110 valence electrons. The molecule has 0 aliphatic rings. The van der Waals surface area contributed by atoms with E-state index in [1.165, 1.54) is 31.5 Å². The number of aromatic nitrogens is 1. The molecule has 0 aliphatic heterocycles. The first-order valence-electron chi connectivity index (χ1n) is 6.00. The Balaban J connectivity index is 2.69. The Hall–Kier alpha value is -1.96. The molecule has 0 aromatic carbocycles. The summed E-state index contributed by atoms with van der Waals surface area (Å²) in [7, 11) is -3.27. The third kappa shape index (κ3) is 4.96. The first-order valence-corrected chi connectivity index (χ1v) is 7.82. The quantitative estimate of drug-likeness (QED) is 0.737. The van der Waals surface area contributed by atoms with Crippen molar-refractivity contribution in [1.82, 2.24) is 10.3 Å². The molecule has 20 heavy (non-hydrogen) atoms. The molecular weight excluding hydrogens is 284 g/mol. The molecule has 0 fully saturated rings. The van der Waals surface area contributed by atoms with Gasteiger partial charge in [0.2, 0.25) is 0 Å². The molecule has 1 unspecified atom stereocenters. The van der Waals surface area contributed by atoms with Gasteiger partial charge in [0.25, 0.3) is 5.91 Å². The molecule has 1 rings (SSSR count). The van der Waals surface area contributed by atoms with Crippen LogP contribution in [0.25, 0.3) is 0 Å². The Bertz CT molecular complexity index is 571. The largest absolute Gasteiger partial charge is 0.480 e. The van der Waals surface area contributed by atoms with E-state index in [0.717, 1.165) is 0 Å². The van der Waals surface area contributed by atoms with Crippen LogP contribution in [-0.2, 0) is 14.6 Å². The monoisotopic (exact) mass is 300 g/mol. The van der Waals surface area contributed by atoms with Gasteiger partial charge in [0.1, 0.15) is 15.9 Å². The number of carboxylic acid groups (broad SMARTS) is 1. The molecule has 1 atom stereocenters. The number of pyridine rings is 1. The fourth-order valence-corrected chi connectivity index (χ4v) is 2.33. The van der Waals surface area contributed by atoms with E-state index in [0.29, 0.717) is 0 Å². The maximum Gasteiger partial charge on any atom is 0.326 e. The summed E-state index contributed by atoms with van der Waals surface area (Å²) in [4.78, 5) is 26.6. The zero-order valence-corrected chi connectivity index (χ0v) is 11.8. The Morgan fingerprint density at radius 1 is 1.35 bits per heavy atom. The van der Waals surface area contributed by atoms with Crippen molar-refractivity contribution in [3.05, 3.63) is 30.1 Å². The molecule has 8 heteroatoms. The van der Waals surface area contributed by atoms with E-state index < -0.39 is 27.8 Å². The molecule has 1 heterocycles. The summed E-state index contributed by atoms with van der Waals surface area (Å²) in [5.41, 5.74) is 0.268. The van der Waals surface area contributed by atoms with Gasteiger partial charge in [0.15, 0.2) is 0 Å². The first-order chi connectivity index (χ1) is 9.35. The minimum Gasteiger partial charge on any atom is -0.480 e. The number of hydrogen-bond donors (Lipinski definition) is 2. The van der Waals surface area contributed by atoms with Crippen LogP contribution in [0.15, 0.2) is 24.5 Å². The number of aliphatic carboxylic acids is 1. The SMILES string of the molecule is CCS(=O)(=O)CCC(NC(=O)c1ccncc1)C(=O)O. The number of nitrogens with zero attached hydrogens (tertiary/aromatic N) is 1. The van der Waals surface area contributed by atoms with Crippen molar-refractivity contribution < 1.29 is 23.1 Å².